The number of rotatable bonds is 3. The van der Waals surface area contributed by atoms with Gasteiger partial charge >= 0.3 is 11.9 Å². The average Bonchev–Trinajstić information content (AvgIpc) is 3.76. The van der Waals surface area contributed by atoms with E-state index in [0.29, 0.717) is 21.3 Å². The van der Waals surface area contributed by atoms with E-state index in [1.807, 2.05) is 0 Å². The number of methoxy groups -OCH3 is 2. The van der Waals surface area contributed by atoms with Crippen molar-refractivity contribution in [3.8, 4) is 0 Å². The van der Waals surface area contributed by atoms with Gasteiger partial charge in [-0.3, -0.25) is 9.13 Å². The number of imidazole rings is 2. The fraction of sp³-hybridized carbons (Fsp3) is 0.100. The van der Waals surface area contributed by atoms with Gasteiger partial charge in [-0.25, -0.2) is 30.5 Å². The van der Waals surface area contributed by atoms with Crippen LogP contribution in [0.4, 0.5) is 5.82 Å². The molecule has 5 aromatic rings. The molecule has 0 aliphatic heterocycles. The molecule has 0 aromatic carbocycles. The number of carbonyl (C=O) groups is 2. The third kappa shape index (κ3) is 7.06. The highest BCUT2D eigenvalue weighted by Gasteiger charge is 2.09. The minimum absolute atomic E-state index is 0.150. The number of nitrogens with two attached hydrogens (primary N) is 1. The SMILES string of the molecule is COC(=O)c1ccc(NN)nn1.COC(=O)c1ccc2n[nH]c(=S)n2n1.S=C(n1ccnc1)n1ccnc1. The van der Waals surface area contributed by atoms with Crippen molar-refractivity contribution in [1.29, 1.82) is 0 Å². The van der Waals surface area contributed by atoms with Crippen LogP contribution in [0, 0.1) is 4.77 Å². The minimum Gasteiger partial charge on any atom is -0.464 e. The van der Waals surface area contributed by atoms with Crippen molar-refractivity contribution in [2.24, 2.45) is 5.84 Å². The molecule has 16 nitrogen and oxygen atoms in total. The molecule has 196 valence electrons. The summed E-state index contributed by atoms with van der Waals surface area (Å²) in [7, 11) is 2.57. The monoisotopic (exact) mass is 556 g/mol. The summed E-state index contributed by atoms with van der Waals surface area (Å²) in [5, 5.41) is 18.2. The molecule has 4 N–H and O–H groups in total. The lowest BCUT2D eigenvalue weighted by Crippen LogP contribution is -2.15. The molecule has 0 atom stereocenters. The van der Waals surface area contributed by atoms with Gasteiger partial charge in [0, 0.05) is 24.8 Å². The average molecular weight is 557 g/mol. The highest BCUT2D eigenvalue weighted by atomic mass is 32.1. The Morgan fingerprint density at radius 3 is 2.05 bits per heavy atom. The van der Waals surface area contributed by atoms with Crippen LogP contribution in [0.15, 0.2) is 61.7 Å². The molecule has 5 rings (SSSR count). The molecule has 0 aliphatic rings. The fourth-order valence-electron chi connectivity index (χ4n) is 2.52. The summed E-state index contributed by atoms with van der Waals surface area (Å²) < 4.78 is 14.1. The number of aromatic amines is 1. The van der Waals surface area contributed by atoms with Crippen LogP contribution in [0.5, 0.6) is 0 Å². The first kappa shape index (κ1) is 27.6. The molecule has 0 radical (unpaired) electrons. The van der Waals surface area contributed by atoms with Crippen LogP contribution < -0.4 is 11.3 Å². The van der Waals surface area contributed by atoms with Crippen molar-refractivity contribution in [2.45, 2.75) is 0 Å². The summed E-state index contributed by atoms with van der Waals surface area (Å²) in [4.78, 5) is 29.8. The van der Waals surface area contributed by atoms with Gasteiger partial charge in [0.05, 0.1) is 14.2 Å². The molecule has 5 heterocycles. The van der Waals surface area contributed by atoms with Crippen LogP contribution in [0.2, 0.25) is 0 Å². The van der Waals surface area contributed by atoms with Gasteiger partial charge in [-0.1, -0.05) is 0 Å². The first-order chi connectivity index (χ1) is 18.4. The Morgan fingerprint density at radius 1 is 0.947 bits per heavy atom. The summed E-state index contributed by atoms with van der Waals surface area (Å²) in [5.41, 5.74) is 3.19. The topological polar surface area (TPSA) is 198 Å². The maximum atomic E-state index is 11.1. The van der Waals surface area contributed by atoms with Gasteiger partial charge in [-0.15, -0.1) is 10.2 Å². The smallest absolute Gasteiger partial charge is 0.358 e. The van der Waals surface area contributed by atoms with Crippen LogP contribution in [0.1, 0.15) is 21.0 Å². The largest absolute Gasteiger partial charge is 0.464 e. The number of carbonyl (C=O) groups excluding carboxylic acids is 2. The molecule has 18 heteroatoms. The first-order valence-electron chi connectivity index (χ1n) is 10.3. The third-order valence-electron chi connectivity index (χ3n) is 4.33. The lowest BCUT2D eigenvalue weighted by Gasteiger charge is -2.02. The van der Waals surface area contributed by atoms with E-state index < -0.39 is 11.9 Å². The molecule has 5 aromatic heterocycles. The number of H-pyrrole nitrogens is 1. The molecule has 0 fully saturated rings. The third-order valence-corrected chi connectivity index (χ3v) is 5.01. The molecule has 0 bridgehead atoms. The predicted octanol–water partition coefficient (Wildman–Crippen LogP) is 0.883. The second kappa shape index (κ2) is 13.4. The molecule has 0 aliphatic carbocycles. The van der Waals surface area contributed by atoms with Crippen LogP contribution in [-0.4, -0.2) is 80.4 Å². The fourth-order valence-corrected chi connectivity index (χ4v) is 2.91. The number of nitrogen functional groups attached to an aromatic ring is 1. The summed E-state index contributed by atoms with van der Waals surface area (Å²) in [6.45, 7) is 0. The van der Waals surface area contributed by atoms with Crippen LogP contribution in [-0.2, 0) is 9.47 Å². The van der Waals surface area contributed by atoms with E-state index in [1.165, 1.54) is 36.9 Å². The molecule has 38 heavy (non-hydrogen) atoms. The van der Waals surface area contributed by atoms with Crippen molar-refractivity contribution in [3.63, 3.8) is 0 Å². The van der Waals surface area contributed by atoms with E-state index in [-0.39, 0.29) is 11.4 Å². The number of nitrogens with one attached hydrogen (secondary N) is 2. The highest BCUT2D eigenvalue weighted by Crippen LogP contribution is 2.02. The van der Waals surface area contributed by atoms with Gasteiger partial charge in [0.25, 0.3) is 0 Å². The van der Waals surface area contributed by atoms with Gasteiger partial charge in [0.1, 0.15) is 12.7 Å². The molecule has 0 amide bonds. The Labute approximate surface area is 224 Å². The van der Waals surface area contributed by atoms with Gasteiger partial charge in [-0.05, 0) is 48.7 Å². The summed E-state index contributed by atoms with van der Waals surface area (Å²) in [6, 6.07) is 6.15. The minimum atomic E-state index is -0.522. The first-order valence-corrected chi connectivity index (χ1v) is 11.1. The number of hydrazine groups is 1. The Balaban J connectivity index is 0.000000159. The number of nitrogens with zero attached hydrogens (tertiary/aromatic N) is 9. The van der Waals surface area contributed by atoms with E-state index in [1.54, 1.807) is 52.6 Å². The predicted molar refractivity (Wildman–Crippen MR) is 139 cm³/mol. The zero-order chi connectivity index (χ0) is 27.5. The Bertz CT molecular complexity index is 1510. The van der Waals surface area contributed by atoms with E-state index in [2.05, 4.69) is 50.4 Å². The summed E-state index contributed by atoms with van der Waals surface area (Å²) >= 11 is 10.0. The maximum Gasteiger partial charge on any atom is 0.358 e. The van der Waals surface area contributed by atoms with E-state index in [0.717, 1.165) is 0 Å². The molecule has 0 unspecified atom stereocenters. The van der Waals surface area contributed by atoms with E-state index in [9.17, 15) is 9.59 Å². The highest BCUT2D eigenvalue weighted by molar-refractivity contribution is 7.80. The van der Waals surface area contributed by atoms with Crippen LogP contribution in [0.25, 0.3) is 5.65 Å². The second-order valence-electron chi connectivity index (χ2n) is 6.67. The van der Waals surface area contributed by atoms with Crippen molar-refractivity contribution >= 4 is 53.0 Å². The van der Waals surface area contributed by atoms with Gasteiger partial charge in [0.2, 0.25) is 4.77 Å². The quantitative estimate of drug-likeness (QED) is 0.122. The molecule has 0 saturated carbocycles. The second-order valence-corrected chi connectivity index (χ2v) is 7.42. The van der Waals surface area contributed by atoms with Gasteiger partial charge in [-0.2, -0.15) is 14.7 Å². The normalized spacial score (nSPS) is 9.87. The summed E-state index contributed by atoms with van der Waals surface area (Å²) in [6.07, 6.45) is 10.3. The Kier molecular flexibility index (Phi) is 9.74. The number of anilines is 1. The molecule has 0 spiro atoms. The number of ether oxygens (including phenoxy) is 2. The number of aromatic nitrogens is 10. The van der Waals surface area contributed by atoms with Crippen molar-refractivity contribution in [1.82, 2.24) is 49.1 Å². The Morgan fingerprint density at radius 2 is 1.55 bits per heavy atom. The van der Waals surface area contributed by atoms with Gasteiger partial charge < -0.3 is 14.9 Å². The number of esters is 2. The molecule has 0 saturated heterocycles. The molecular weight excluding hydrogens is 536 g/mol. The van der Waals surface area contributed by atoms with Crippen LogP contribution >= 0.6 is 24.4 Å². The number of thiocarbonyl (C=S) groups is 1. The number of hydrogen-bond donors (Lipinski definition) is 3. The van der Waals surface area contributed by atoms with Crippen LogP contribution in [0.3, 0.4) is 0 Å². The number of fused-ring (bicyclic) bond motifs is 1. The lowest BCUT2D eigenvalue weighted by molar-refractivity contribution is 0.0583. The van der Waals surface area contributed by atoms with E-state index in [4.69, 9.17) is 30.3 Å². The van der Waals surface area contributed by atoms with Gasteiger partial charge in [0.15, 0.2) is 28.0 Å². The lowest BCUT2D eigenvalue weighted by atomic mass is 10.4. The van der Waals surface area contributed by atoms with Crippen molar-refractivity contribution in [2.75, 3.05) is 19.6 Å². The summed E-state index contributed by atoms with van der Waals surface area (Å²) in [5.74, 6) is 4.40. The zero-order valence-electron chi connectivity index (χ0n) is 19.8. The standard InChI is InChI=1S/C7H6N4O2S.C7H6N4S.C6H8N4O2/c1-13-6(12)4-2-3-5-8-9-7(14)11(5)10-4;12-7(10-3-1-8-5-10)11-4-2-9-6-11;1-12-6(11)4-2-3-5(8-7)10-9-4/h2-3H,1H3,(H,9,14);1-6H;2-3H,7H2,1H3,(H,8,10). The van der Waals surface area contributed by atoms with E-state index >= 15 is 0 Å². The Hall–Kier alpha value is -4.94. The van der Waals surface area contributed by atoms with Crippen molar-refractivity contribution in [3.05, 3.63) is 77.9 Å². The van der Waals surface area contributed by atoms with Crippen molar-refractivity contribution < 1.29 is 19.1 Å². The maximum absolute atomic E-state index is 11.1. The zero-order valence-corrected chi connectivity index (χ0v) is 21.5. The molecular formula is C20H20N12O4S2. The number of hydrogen-bond acceptors (Lipinski definition) is 14.